The summed E-state index contributed by atoms with van der Waals surface area (Å²) >= 11 is 0. The molecule has 0 radical (unpaired) electrons. The molecule has 0 heterocycles. The zero-order chi connectivity index (χ0) is 12.7. The van der Waals surface area contributed by atoms with Gasteiger partial charge < -0.3 is 9.84 Å². The number of carboxylic acids is 1. The van der Waals surface area contributed by atoms with E-state index in [1.54, 1.807) is 13.2 Å². The number of rotatable bonds is 6. The molecule has 0 bridgehead atoms. The Hall–Kier alpha value is -1.81. The van der Waals surface area contributed by atoms with E-state index in [0.717, 1.165) is 23.9 Å². The van der Waals surface area contributed by atoms with Crippen LogP contribution < -0.4 is 4.74 Å². The van der Waals surface area contributed by atoms with Crippen LogP contribution in [0.3, 0.4) is 0 Å². The van der Waals surface area contributed by atoms with Gasteiger partial charge in [0.1, 0.15) is 5.75 Å². The average Bonchev–Trinajstić information content (AvgIpc) is 2.28. The molecule has 0 spiro atoms. The summed E-state index contributed by atoms with van der Waals surface area (Å²) < 4.78 is 5.14. The van der Waals surface area contributed by atoms with Crippen molar-refractivity contribution in [1.82, 2.24) is 4.90 Å². The van der Waals surface area contributed by atoms with Crippen molar-refractivity contribution in [3.8, 4) is 5.75 Å². The van der Waals surface area contributed by atoms with Gasteiger partial charge in [-0.05, 0) is 24.7 Å². The van der Waals surface area contributed by atoms with Crippen molar-refractivity contribution in [3.05, 3.63) is 42.0 Å². The molecule has 1 aromatic rings. The van der Waals surface area contributed by atoms with Gasteiger partial charge in [-0.25, -0.2) is 4.79 Å². The topological polar surface area (TPSA) is 49.8 Å². The molecule has 0 aromatic heterocycles. The lowest BCUT2D eigenvalue weighted by Gasteiger charge is -2.14. The molecule has 1 N–H and O–H groups in total. The first-order chi connectivity index (χ1) is 8.11. The Labute approximate surface area is 101 Å². The van der Waals surface area contributed by atoms with Gasteiger partial charge in [-0.15, -0.1) is 0 Å². The number of aliphatic carboxylic acids is 1. The van der Waals surface area contributed by atoms with Crippen LogP contribution in [0.4, 0.5) is 0 Å². The molecule has 0 saturated carbocycles. The Morgan fingerprint density at radius 2 is 2.29 bits per heavy atom. The molecule has 0 amide bonds. The summed E-state index contributed by atoms with van der Waals surface area (Å²) in [6, 6.07) is 7.82. The van der Waals surface area contributed by atoms with Crippen molar-refractivity contribution < 1.29 is 14.6 Å². The second-order valence-electron chi connectivity index (χ2n) is 3.79. The fraction of sp³-hybridized carbons (Fsp3) is 0.308. The van der Waals surface area contributed by atoms with Gasteiger partial charge in [0, 0.05) is 19.2 Å². The van der Waals surface area contributed by atoms with E-state index in [2.05, 4.69) is 0 Å². The van der Waals surface area contributed by atoms with Crippen LogP contribution in [0, 0.1) is 0 Å². The molecular weight excluding hydrogens is 218 g/mol. The van der Waals surface area contributed by atoms with Gasteiger partial charge in [0.15, 0.2) is 0 Å². The van der Waals surface area contributed by atoms with Crippen LogP contribution in [0.2, 0.25) is 0 Å². The van der Waals surface area contributed by atoms with Crippen LogP contribution in [0.15, 0.2) is 36.4 Å². The second kappa shape index (κ2) is 6.70. The third-order valence-corrected chi connectivity index (χ3v) is 2.26. The second-order valence-corrected chi connectivity index (χ2v) is 3.79. The minimum atomic E-state index is -0.917. The van der Waals surface area contributed by atoms with Gasteiger partial charge >= 0.3 is 5.97 Å². The first-order valence-electron chi connectivity index (χ1n) is 5.32. The number of benzene rings is 1. The largest absolute Gasteiger partial charge is 0.497 e. The lowest BCUT2D eigenvalue weighted by atomic mass is 10.2. The lowest BCUT2D eigenvalue weighted by molar-refractivity contribution is -0.131. The van der Waals surface area contributed by atoms with Gasteiger partial charge in [-0.1, -0.05) is 18.2 Å². The van der Waals surface area contributed by atoms with E-state index < -0.39 is 5.97 Å². The Balaban J connectivity index is 2.49. The van der Waals surface area contributed by atoms with Crippen molar-refractivity contribution in [1.29, 1.82) is 0 Å². The Kier molecular flexibility index (Phi) is 5.23. The Morgan fingerprint density at radius 1 is 1.53 bits per heavy atom. The van der Waals surface area contributed by atoms with Crippen molar-refractivity contribution in [3.63, 3.8) is 0 Å². The first-order valence-corrected chi connectivity index (χ1v) is 5.32. The first kappa shape index (κ1) is 13.3. The molecule has 0 atom stereocenters. The maximum atomic E-state index is 10.3. The van der Waals surface area contributed by atoms with Crippen LogP contribution in [0.25, 0.3) is 0 Å². The molecule has 0 fully saturated rings. The molecular formula is C13H17NO3. The smallest absolute Gasteiger partial charge is 0.328 e. The number of nitrogens with zero attached hydrogens (tertiary/aromatic N) is 1. The number of hydrogen-bond donors (Lipinski definition) is 1. The number of carbonyl (C=O) groups is 1. The van der Waals surface area contributed by atoms with E-state index in [9.17, 15) is 4.79 Å². The highest BCUT2D eigenvalue weighted by Crippen LogP contribution is 2.13. The molecule has 0 unspecified atom stereocenters. The summed E-state index contributed by atoms with van der Waals surface area (Å²) in [5.41, 5.74) is 1.13. The van der Waals surface area contributed by atoms with Crippen molar-refractivity contribution in [2.45, 2.75) is 6.54 Å². The number of likely N-dealkylation sites (N-methyl/N-ethyl adjacent to an activating group) is 1. The van der Waals surface area contributed by atoms with Gasteiger partial charge in [0.05, 0.1) is 7.11 Å². The van der Waals surface area contributed by atoms with Crippen molar-refractivity contribution in [2.24, 2.45) is 0 Å². The van der Waals surface area contributed by atoms with Crippen LogP contribution in [-0.4, -0.2) is 36.7 Å². The zero-order valence-corrected chi connectivity index (χ0v) is 10.1. The fourth-order valence-corrected chi connectivity index (χ4v) is 1.48. The predicted octanol–water partition coefficient (Wildman–Crippen LogP) is 1.77. The highest BCUT2D eigenvalue weighted by Gasteiger charge is 2.00. The molecule has 92 valence electrons. The summed E-state index contributed by atoms with van der Waals surface area (Å²) in [6.45, 7) is 1.35. The van der Waals surface area contributed by atoms with E-state index in [-0.39, 0.29) is 0 Å². The summed E-state index contributed by atoms with van der Waals surface area (Å²) in [5.74, 6) is -0.0863. The summed E-state index contributed by atoms with van der Waals surface area (Å²) in [7, 11) is 3.57. The van der Waals surface area contributed by atoms with Crippen LogP contribution in [-0.2, 0) is 11.3 Å². The highest BCUT2D eigenvalue weighted by atomic mass is 16.5. The molecule has 1 rings (SSSR count). The lowest BCUT2D eigenvalue weighted by Crippen LogP contribution is -2.17. The highest BCUT2D eigenvalue weighted by molar-refractivity contribution is 5.79. The molecule has 0 aliphatic heterocycles. The van der Waals surface area contributed by atoms with E-state index >= 15 is 0 Å². The summed E-state index contributed by atoms with van der Waals surface area (Å²) in [5, 5.41) is 8.46. The van der Waals surface area contributed by atoms with Gasteiger partial charge in [-0.2, -0.15) is 0 Å². The van der Waals surface area contributed by atoms with E-state index in [4.69, 9.17) is 9.84 Å². The minimum absolute atomic E-state index is 0.601. The average molecular weight is 235 g/mol. The third-order valence-electron chi connectivity index (χ3n) is 2.26. The molecule has 4 nitrogen and oxygen atoms in total. The number of ether oxygens (including phenoxy) is 1. The van der Waals surface area contributed by atoms with Crippen molar-refractivity contribution in [2.75, 3.05) is 20.7 Å². The monoisotopic (exact) mass is 235 g/mol. The molecule has 4 heteroatoms. The van der Waals surface area contributed by atoms with Gasteiger partial charge in [0.25, 0.3) is 0 Å². The quantitative estimate of drug-likeness (QED) is 0.763. The number of carboxylic acid groups (broad SMARTS) is 1. The maximum absolute atomic E-state index is 10.3. The van der Waals surface area contributed by atoms with E-state index in [0.29, 0.717) is 6.54 Å². The molecule has 0 aliphatic rings. The number of hydrogen-bond acceptors (Lipinski definition) is 3. The Morgan fingerprint density at radius 3 is 2.94 bits per heavy atom. The third kappa shape index (κ3) is 5.17. The van der Waals surface area contributed by atoms with Crippen LogP contribution in [0.1, 0.15) is 5.56 Å². The summed E-state index contributed by atoms with van der Waals surface area (Å²) in [6.07, 6.45) is 2.78. The van der Waals surface area contributed by atoms with Crippen LogP contribution in [0.5, 0.6) is 5.75 Å². The summed E-state index contributed by atoms with van der Waals surface area (Å²) in [4.78, 5) is 12.3. The normalized spacial score (nSPS) is 11.0. The van der Waals surface area contributed by atoms with E-state index in [1.807, 2.05) is 36.2 Å². The molecule has 0 aliphatic carbocycles. The van der Waals surface area contributed by atoms with Gasteiger partial charge in [-0.3, -0.25) is 4.90 Å². The standard InChI is InChI=1S/C13H17NO3/c1-14(8-4-7-13(15)16)10-11-5-3-6-12(9-11)17-2/h3-7,9H,8,10H2,1-2H3,(H,15,16). The SMILES string of the molecule is COc1cccc(CN(C)CC=CC(=O)O)c1. The zero-order valence-electron chi connectivity index (χ0n) is 10.1. The minimum Gasteiger partial charge on any atom is -0.497 e. The maximum Gasteiger partial charge on any atom is 0.328 e. The molecule has 1 aromatic carbocycles. The van der Waals surface area contributed by atoms with E-state index in [1.165, 1.54) is 0 Å². The van der Waals surface area contributed by atoms with Crippen LogP contribution >= 0.6 is 0 Å². The predicted molar refractivity (Wildman–Crippen MR) is 66.1 cm³/mol. The number of methoxy groups -OCH3 is 1. The fourth-order valence-electron chi connectivity index (χ4n) is 1.48. The van der Waals surface area contributed by atoms with Gasteiger partial charge in [0.2, 0.25) is 0 Å². The van der Waals surface area contributed by atoms with Crippen molar-refractivity contribution >= 4 is 5.97 Å². The Bertz CT molecular complexity index is 401. The molecule has 17 heavy (non-hydrogen) atoms. The molecule has 0 saturated heterocycles.